The van der Waals surface area contributed by atoms with Gasteiger partial charge in [-0.2, -0.15) is 10.3 Å². The Morgan fingerprint density at radius 3 is 2.88 bits per heavy atom. The number of halogens is 1. The predicted molar refractivity (Wildman–Crippen MR) is 61.4 cm³/mol. The first kappa shape index (κ1) is 9.28. The molecule has 0 fully saturated rings. The topological polar surface area (TPSA) is 109 Å². The van der Waals surface area contributed by atoms with Crippen LogP contribution >= 0.6 is 15.9 Å². The number of hydrogen-bond acceptors (Lipinski definition) is 5. The molecule has 0 aliphatic heterocycles. The molecule has 0 unspecified atom stereocenters. The fourth-order valence-corrected chi connectivity index (χ4v) is 1.85. The van der Waals surface area contributed by atoms with Crippen molar-refractivity contribution in [3.05, 3.63) is 16.9 Å². The molecule has 0 aliphatic rings. The summed E-state index contributed by atoms with van der Waals surface area (Å²) in [5, 5.41) is 10.4. The van der Waals surface area contributed by atoms with Crippen LogP contribution in [0.4, 0.5) is 5.95 Å². The van der Waals surface area contributed by atoms with Crippen LogP contribution in [0.15, 0.2) is 16.9 Å². The Bertz CT molecular complexity index is 655. The highest BCUT2D eigenvalue weighted by atomic mass is 79.9. The van der Waals surface area contributed by atoms with Crippen LogP contribution in [0.5, 0.6) is 0 Å². The van der Waals surface area contributed by atoms with E-state index in [-0.39, 0.29) is 0 Å². The smallest absolute Gasteiger partial charge is 0.198 e. The number of nitrogen functional groups attached to an aromatic ring is 1. The van der Waals surface area contributed by atoms with Gasteiger partial charge < -0.3 is 10.7 Å². The molecule has 7 nitrogen and oxygen atoms in total. The van der Waals surface area contributed by atoms with Gasteiger partial charge in [-0.3, -0.25) is 4.98 Å². The number of imidazole rings is 1. The second-order valence-electron chi connectivity index (χ2n) is 3.14. The van der Waals surface area contributed by atoms with E-state index >= 15 is 0 Å². The van der Waals surface area contributed by atoms with E-state index in [2.05, 4.69) is 46.3 Å². The number of anilines is 1. The summed E-state index contributed by atoms with van der Waals surface area (Å²) in [7, 11) is 0. The summed E-state index contributed by atoms with van der Waals surface area (Å²) in [5.41, 5.74) is 8.33. The maximum atomic E-state index is 5.60. The molecule has 0 saturated carbocycles. The summed E-state index contributed by atoms with van der Waals surface area (Å²) in [5.74, 6) is 0.351. The van der Waals surface area contributed by atoms with E-state index in [1.165, 1.54) is 0 Å². The summed E-state index contributed by atoms with van der Waals surface area (Å²) in [4.78, 5) is 11.3. The van der Waals surface area contributed by atoms with E-state index in [0.29, 0.717) is 27.5 Å². The fraction of sp³-hybridized carbons (Fsp3) is 0. The van der Waals surface area contributed by atoms with Gasteiger partial charge in [0.25, 0.3) is 0 Å². The number of H-pyrrole nitrogens is 2. The Labute approximate surface area is 97.6 Å². The zero-order valence-corrected chi connectivity index (χ0v) is 9.48. The lowest BCUT2D eigenvalue weighted by molar-refractivity contribution is 0.935. The van der Waals surface area contributed by atoms with E-state index in [0.717, 1.165) is 5.52 Å². The SMILES string of the molecule is Nc1nc2c(-c3n[nH]nc3Br)nccc2[nH]1. The van der Waals surface area contributed by atoms with Gasteiger partial charge >= 0.3 is 0 Å². The summed E-state index contributed by atoms with van der Waals surface area (Å²) in [6.45, 7) is 0. The van der Waals surface area contributed by atoms with E-state index in [9.17, 15) is 0 Å². The van der Waals surface area contributed by atoms with Crippen LogP contribution in [-0.4, -0.2) is 30.4 Å². The summed E-state index contributed by atoms with van der Waals surface area (Å²) < 4.78 is 0.592. The lowest BCUT2D eigenvalue weighted by atomic mass is 10.2. The van der Waals surface area contributed by atoms with Crippen molar-refractivity contribution in [3.63, 3.8) is 0 Å². The Morgan fingerprint density at radius 2 is 2.12 bits per heavy atom. The third kappa shape index (κ3) is 1.27. The number of hydrogen-bond donors (Lipinski definition) is 3. The minimum Gasteiger partial charge on any atom is -0.369 e. The summed E-state index contributed by atoms with van der Waals surface area (Å²) >= 11 is 3.28. The normalized spacial score (nSPS) is 11.1. The summed E-state index contributed by atoms with van der Waals surface area (Å²) in [6.07, 6.45) is 1.66. The monoisotopic (exact) mass is 279 g/mol. The standard InChI is InChI=1S/C8H6BrN7/c9-7-6(14-16-15-7)5-4-3(1-2-11-5)12-8(10)13-4/h1-2H,(H3,10,12,13)(H,14,15,16). The molecule has 3 heterocycles. The van der Waals surface area contributed by atoms with Crippen LogP contribution in [0.25, 0.3) is 22.4 Å². The van der Waals surface area contributed by atoms with Gasteiger partial charge in [-0.15, -0.1) is 5.10 Å². The predicted octanol–water partition coefficient (Wildman–Crippen LogP) is 1.09. The minimum absolute atomic E-state index is 0.351. The van der Waals surface area contributed by atoms with Gasteiger partial charge in [-0.1, -0.05) is 0 Å². The lowest BCUT2D eigenvalue weighted by Gasteiger charge is -1.96. The first-order valence-corrected chi connectivity index (χ1v) is 5.22. The first-order valence-electron chi connectivity index (χ1n) is 4.42. The highest BCUT2D eigenvalue weighted by Crippen LogP contribution is 2.27. The zero-order valence-electron chi connectivity index (χ0n) is 7.90. The van der Waals surface area contributed by atoms with E-state index < -0.39 is 0 Å². The Kier molecular flexibility index (Phi) is 1.90. The molecule has 8 heteroatoms. The molecule has 0 aliphatic carbocycles. The number of aromatic amines is 2. The number of pyridine rings is 1. The number of nitrogens with one attached hydrogen (secondary N) is 2. The second kappa shape index (κ2) is 3.27. The fourth-order valence-electron chi connectivity index (χ4n) is 1.50. The average molecular weight is 280 g/mol. The van der Waals surface area contributed by atoms with Crippen molar-refractivity contribution in [1.82, 2.24) is 30.4 Å². The van der Waals surface area contributed by atoms with Crippen LogP contribution in [0.1, 0.15) is 0 Å². The van der Waals surface area contributed by atoms with Gasteiger partial charge in [0.2, 0.25) is 0 Å². The number of nitrogens with zero attached hydrogens (tertiary/aromatic N) is 4. The van der Waals surface area contributed by atoms with Gasteiger partial charge in [-0.25, -0.2) is 4.98 Å². The van der Waals surface area contributed by atoms with Crippen LogP contribution in [0, 0.1) is 0 Å². The number of nitrogens with two attached hydrogens (primary N) is 1. The van der Waals surface area contributed by atoms with Gasteiger partial charge in [-0.05, 0) is 22.0 Å². The molecule has 0 atom stereocenters. The molecule has 0 amide bonds. The zero-order chi connectivity index (χ0) is 11.1. The molecule has 0 bridgehead atoms. The minimum atomic E-state index is 0.351. The van der Waals surface area contributed by atoms with Crippen LogP contribution in [0.3, 0.4) is 0 Å². The number of aromatic nitrogens is 6. The highest BCUT2D eigenvalue weighted by molar-refractivity contribution is 9.10. The Morgan fingerprint density at radius 1 is 1.25 bits per heavy atom. The molecule has 0 spiro atoms. The molecule has 80 valence electrons. The van der Waals surface area contributed by atoms with Crippen LogP contribution in [0.2, 0.25) is 0 Å². The molecular formula is C8H6BrN7. The number of rotatable bonds is 1. The van der Waals surface area contributed by atoms with Gasteiger partial charge in [0.1, 0.15) is 16.9 Å². The van der Waals surface area contributed by atoms with Crippen molar-refractivity contribution in [2.75, 3.05) is 5.73 Å². The van der Waals surface area contributed by atoms with Crippen molar-refractivity contribution < 1.29 is 0 Å². The van der Waals surface area contributed by atoms with Crippen molar-refractivity contribution in [1.29, 1.82) is 0 Å². The molecule has 0 aromatic carbocycles. The van der Waals surface area contributed by atoms with Gasteiger partial charge in [0.05, 0.1) is 5.52 Å². The first-order chi connectivity index (χ1) is 7.75. The van der Waals surface area contributed by atoms with Gasteiger partial charge in [0, 0.05) is 6.20 Å². The van der Waals surface area contributed by atoms with Crippen LogP contribution < -0.4 is 5.73 Å². The highest BCUT2D eigenvalue weighted by Gasteiger charge is 2.14. The Balaban J connectivity index is 2.35. The van der Waals surface area contributed by atoms with E-state index in [1.54, 1.807) is 12.3 Å². The van der Waals surface area contributed by atoms with Gasteiger partial charge in [0.15, 0.2) is 10.6 Å². The second-order valence-corrected chi connectivity index (χ2v) is 3.89. The summed E-state index contributed by atoms with van der Waals surface area (Å²) in [6, 6.07) is 1.80. The lowest BCUT2D eigenvalue weighted by Crippen LogP contribution is -1.87. The molecular weight excluding hydrogens is 274 g/mol. The van der Waals surface area contributed by atoms with E-state index in [1.807, 2.05) is 0 Å². The Hall–Kier alpha value is -1.96. The molecule has 3 aromatic rings. The molecule has 0 saturated heterocycles. The quantitative estimate of drug-likeness (QED) is 0.618. The molecule has 3 aromatic heterocycles. The van der Waals surface area contributed by atoms with Crippen molar-refractivity contribution >= 4 is 32.9 Å². The molecule has 3 rings (SSSR count). The average Bonchev–Trinajstić information content (AvgIpc) is 2.82. The third-order valence-electron chi connectivity index (χ3n) is 2.15. The van der Waals surface area contributed by atoms with Crippen LogP contribution in [-0.2, 0) is 0 Å². The molecule has 16 heavy (non-hydrogen) atoms. The molecule has 0 radical (unpaired) electrons. The van der Waals surface area contributed by atoms with Crippen molar-refractivity contribution in [2.24, 2.45) is 0 Å². The van der Waals surface area contributed by atoms with E-state index in [4.69, 9.17) is 5.73 Å². The maximum Gasteiger partial charge on any atom is 0.198 e. The number of fused-ring (bicyclic) bond motifs is 1. The van der Waals surface area contributed by atoms with Crippen molar-refractivity contribution in [3.8, 4) is 11.4 Å². The maximum absolute atomic E-state index is 5.60. The molecule has 4 N–H and O–H groups in total. The van der Waals surface area contributed by atoms with Crippen molar-refractivity contribution in [2.45, 2.75) is 0 Å². The largest absolute Gasteiger partial charge is 0.369 e. The third-order valence-corrected chi connectivity index (χ3v) is 2.70.